The second kappa shape index (κ2) is 4.56. The Morgan fingerprint density at radius 3 is 2.74 bits per heavy atom. The molecule has 19 heavy (non-hydrogen) atoms. The summed E-state index contributed by atoms with van der Waals surface area (Å²) < 4.78 is 42.5. The molecule has 1 unspecified atom stereocenters. The Labute approximate surface area is 108 Å². The van der Waals surface area contributed by atoms with Crippen LogP contribution in [0, 0.1) is 6.92 Å². The molecule has 2 N–H and O–H groups in total. The van der Waals surface area contributed by atoms with Crippen LogP contribution in [0.25, 0.3) is 0 Å². The van der Waals surface area contributed by atoms with Gasteiger partial charge in [0, 0.05) is 18.7 Å². The third kappa shape index (κ3) is 2.75. The van der Waals surface area contributed by atoms with E-state index in [1.54, 1.807) is 13.0 Å². The molecule has 1 atom stereocenters. The van der Waals surface area contributed by atoms with Gasteiger partial charge >= 0.3 is 12.1 Å². The van der Waals surface area contributed by atoms with Crippen LogP contribution in [0.3, 0.4) is 0 Å². The lowest BCUT2D eigenvalue weighted by atomic mass is 9.84. The SMILES string of the molecule is Cc1cc(C2(N)CCCN(C(=O)C(F)(F)F)C2)co1. The van der Waals surface area contributed by atoms with Crippen LogP contribution in [0.5, 0.6) is 0 Å². The summed E-state index contributed by atoms with van der Waals surface area (Å²) in [4.78, 5) is 12.0. The zero-order valence-electron chi connectivity index (χ0n) is 10.5. The van der Waals surface area contributed by atoms with Gasteiger partial charge in [-0.25, -0.2) is 0 Å². The molecule has 1 aliphatic heterocycles. The van der Waals surface area contributed by atoms with E-state index in [-0.39, 0.29) is 13.1 Å². The van der Waals surface area contributed by atoms with Crippen molar-refractivity contribution in [3.63, 3.8) is 0 Å². The Morgan fingerprint density at radius 2 is 2.21 bits per heavy atom. The van der Waals surface area contributed by atoms with Crippen LogP contribution in [0.15, 0.2) is 16.7 Å². The largest absolute Gasteiger partial charge is 0.471 e. The Balaban J connectivity index is 2.19. The quantitative estimate of drug-likeness (QED) is 0.852. The van der Waals surface area contributed by atoms with E-state index in [9.17, 15) is 18.0 Å². The Bertz CT molecular complexity index is 484. The smallest absolute Gasteiger partial charge is 0.469 e. The average Bonchev–Trinajstić information content (AvgIpc) is 2.74. The lowest BCUT2D eigenvalue weighted by Crippen LogP contribution is -2.55. The van der Waals surface area contributed by atoms with Gasteiger partial charge in [0.1, 0.15) is 5.76 Å². The highest BCUT2D eigenvalue weighted by Crippen LogP contribution is 2.32. The molecule has 2 heterocycles. The number of carbonyl (C=O) groups excluding carboxylic acids is 1. The molecule has 106 valence electrons. The van der Waals surface area contributed by atoms with E-state index in [1.807, 2.05) is 0 Å². The van der Waals surface area contributed by atoms with Crippen molar-refractivity contribution < 1.29 is 22.4 Å². The van der Waals surface area contributed by atoms with Gasteiger partial charge in [0.2, 0.25) is 0 Å². The zero-order chi connectivity index (χ0) is 14.3. The maximum absolute atomic E-state index is 12.4. The molecule has 1 fully saturated rings. The summed E-state index contributed by atoms with van der Waals surface area (Å²) in [5.41, 5.74) is 5.80. The molecular weight excluding hydrogens is 261 g/mol. The molecule has 4 nitrogen and oxygen atoms in total. The molecule has 0 aromatic carbocycles. The van der Waals surface area contributed by atoms with Gasteiger partial charge in [-0.1, -0.05) is 0 Å². The molecule has 0 bridgehead atoms. The molecule has 1 aromatic rings. The van der Waals surface area contributed by atoms with E-state index < -0.39 is 17.6 Å². The lowest BCUT2D eigenvalue weighted by molar-refractivity contribution is -0.187. The second-order valence-electron chi connectivity index (χ2n) is 4.93. The lowest BCUT2D eigenvalue weighted by Gasteiger charge is -2.39. The number of hydrogen-bond donors (Lipinski definition) is 1. The van der Waals surface area contributed by atoms with Crippen molar-refractivity contribution in [2.45, 2.75) is 31.5 Å². The molecule has 0 aliphatic carbocycles. The van der Waals surface area contributed by atoms with E-state index in [0.717, 1.165) is 4.90 Å². The van der Waals surface area contributed by atoms with E-state index in [4.69, 9.17) is 10.2 Å². The predicted octanol–water partition coefficient (Wildman–Crippen LogP) is 1.93. The van der Waals surface area contributed by atoms with Gasteiger partial charge in [-0.3, -0.25) is 4.79 Å². The van der Waals surface area contributed by atoms with Crippen molar-refractivity contribution >= 4 is 5.91 Å². The average molecular weight is 276 g/mol. The van der Waals surface area contributed by atoms with Gasteiger partial charge < -0.3 is 15.1 Å². The van der Waals surface area contributed by atoms with Crippen molar-refractivity contribution in [1.82, 2.24) is 4.90 Å². The minimum Gasteiger partial charge on any atom is -0.469 e. The van der Waals surface area contributed by atoms with Crippen LogP contribution < -0.4 is 5.73 Å². The number of nitrogens with zero attached hydrogens (tertiary/aromatic N) is 1. The number of piperidine rings is 1. The van der Waals surface area contributed by atoms with Crippen LogP contribution in [0.2, 0.25) is 0 Å². The molecule has 1 saturated heterocycles. The van der Waals surface area contributed by atoms with Gasteiger partial charge in [0.25, 0.3) is 0 Å². The summed E-state index contributed by atoms with van der Waals surface area (Å²) in [5, 5.41) is 0. The van der Waals surface area contributed by atoms with E-state index >= 15 is 0 Å². The molecular formula is C12H15F3N2O2. The molecule has 0 radical (unpaired) electrons. The molecule has 1 aliphatic rings. The highest BCUT2D eigenvalue weighted by Gasteiger charge is 2.46. The fourth-order valence-corrected chi connectivity index (χ4v) is 2.38. The second-order valence-corrected chi connectivity index (χ2v) is 4.93. The third-order valence-corrected chi connectivity index (χ3v) is 3.36. The number of likely N-dealkylation sites (tertiary alicyclic amines) is 1. The standard InChI is InChI=1S/C12H15F3N2O2/c1-8-5-9(6-19-8)11(16)3-2-4-17(7-11)10(18)12(13,14)15/h5-6H,2-4,7,16H2,1H3. The van der Waals surface area contributed by atoms with Crippen LogP contribution in [-0.2, 0) is 10.3 Å². The van der Waals surface area contributed by atoms with Gasteiger partial charge in [-0.2, -0.15) is 13.2 Å². The highest BCUT2D eigenvalue weighted by atomic mass is 19.4. The first-order valence-corrected chi connectivity index (χ1v) is 5.93. The monoisotopic (exact) mass is 276 g/mol. The molecule has 0 saturated carbocycles. The van der Waals surface area contributed by atoms with Crippen LogP contribution in [0.4, 0.5) is 13.2 Å². The minimum atomic E-state index is -4.86. The fourth-order valence-electron chi connectivity index (χ4n) is 2.38. The predicted molar refractivity (Wildman–Crippen MR) is 61.2 cm³/mol. The van der Waals surface area contributed by atoms with Gasteiger partial charge in [0.15, 0.2) is 0 Å². The Kier molecular flexibility index (Phi) is 3.34. The Hall–Kier alpha value is -1.50. The molecule has 2 rings (SSSR count). The molecule has 7 heteroatoms. The van der Waals surface area contributed by atoms with Crippen molar-refractivity contribution in [2.75, 3.05) is 13.1 Å². The maximum Gasteiger partial charge on any atom is 0.471 e. The minimum absolute atomic E-state index is 0.0775. The third-order valence-electron chi connectivity index (χ3n) is 3.36. The first kappa shape index (κ1) is 13.9. The number of halogens is 3. The summed E-state index contributed by atoms with van der Waals surface area (Å²) in [6.45, 7) is 1.66. The summed E-state index contributed by atoms with van der Waals surface area (Å²) in [5.74, 6) is -1.19. The number of hydrogen-bond acceptors (Lipinski definition) is 3. The van der Waals surface area contributed by atoms with Crippen LogP contribution >= 0.6 is 0 Å². The van der Waals surface area contributed by atoms with Crippen molar-refractivity contribution in [3.05, 3.63) is 23.7 Å². The van der Waals surface area contributed by atoms with E-state index in [0.29, 0.717) is 24.2 Å². The maximum atomic E-state index is 12.4. The number of carbonyl (C=O) groups is 1. The number of furan rings is 1. The summed E-state index contributed by atoms with van der Waals surface area (Å²) in [7, 11) is 0. The van der Waals surface area contributed by atoms with Crippen molar-refractivity contribution in [2.24, 2.45) is 5.73 Å². The van der Waals surface area contributed by atoms with Gasteiger partial charge in [-0.05, 0) is 25.8 Å². The van der Waals surface area contributed by atoms with Crippen LogP contribution in [-0.4, -0.2) is 30.1 Å². The zero-order valence-corrected chi connectivity index (χ0v) is 10.5. The highest BCUT2D eigenvalue weighted by molar-refractivity contribution is 5.82. The normalized spacial score (nSPS) is 24.6. The van der Waals surface area contributed by atoms with Crippen molar-refractivity contribution in [3.8, 4) is 0 Å². The number of amides is 1. The van der Waals surface area contributed by atoms with E-state index in [1.165, 1.54) is 6.26 Å². The number of aryl methyl sites for hydroxylation is 1. The summed E-state index contributed by atoms with van der Waals surface area (Å²) in [6.07, 6.45) is -2.46. The molecule has 0 spiro atoms. The number of alkyl halides is 3. The van der Waals surface area contributed by atoms with Crippen molar-refractivity contribution in [1.29, 1.82) is 0 Å². The molecule has 1 amide bonds. The summed E-state index contributed by atoms with van der Waals surface area (Å²) in [6, 6.07) is 1.70. The topological polar surface area (TPSA) is 59.5 Å². The number of rotatable bonds is 1. The first-order chi connectivity index (χ1) is 8.72. The Morgan fingerprint density at radius 1 is 1.53 bits per heavy atom. The fraction of sp³-hybridized carbons (Fsp3) is 0.583. The van der Waals surface area contributed by atoms with Crippen LogP contribution in [0.1, 0.15) is 24.2 Å². The van der Waals surface area contributed by atoms with Gasteiger partial charge in [-0.15, -0.1) is 0 Å². The summed E-state index contributed by atoms with van der Waals surface area (Å²) >= 11 is 0. The van der Waals surface area contributed by atoms with E-state index in [2.05, 4.69) is 0 Å². The first-order valence-electron chi connectivity index (χ1n) is 5.93. The number of nitrogens with two attached hydrogens (primary N) is 1. The van der Waals surface area contributed by atoms with Gasteiger partial charge in [0.05, 0.1) is 11.8 Å². The molecule has 1 aromatic heterocycles.